The Bertz CT molecular complexity index is 1480. The van der Waals surface area contributed by atoms with E-state index < -0.39 is 6.04 Å². The Kier molecular flexibility index (Phi) is 3.86. The quantitative estimate of drug-likeness (QED) is 0.613. The van der Waals surface area contributed by atoms with Crippen molar-refractivity contribution in [2.45, 2.75) is 6.04 Å². The number of nitrogens with zero attached hydrogens (tertiary/aromatic N) is 10. The van der Waals surface area contributed by atoms with Gasteiger partial charge in [-0.3, -0.25) is 0 Å². The topological polar surface area (TPSA) is 195 Å². The van der Waals surface area contributed by atoms with E-state index in [2.05, 4.69) is 36.2 Å². The van der Waals surface area contributed by atoms with E-state index in [9.17, 15) is 26.3 Å². The first kappa shape index (κ1) is 17.8. The zero-order valence-electron chi connectivity index (χ0n) is 14.6. The summed E-state index contributed by atoms with van der Waals surface area (Å²) in [5.74, 6) is 2.26. The molecule has 1 N–H and O–H groups in total. The minimum Gasteiger partial charge on any atom is -0.360 e. The Labute approximate surface area is 168 Å². The molecule has 0 aromatic carbocycles. The SMILES string of the molecule is C#Cc1nc2c(nc1C#N)C1=NC(C#N)=C(C#N)NC1c1nc(C#N)c(C#N)nc1-2. The summed E-state index contributed by atoms with van der Waals surface area (Å²) in [6.07, 6.45) is 5.43. The first-order chi connectivity index (χ1) is 14.6. The lowest BCUT2D eigenvalue weighted by Gasteiger charge is -2.30. The summed E-state index contributed by atoms with van der Waals surface area (Å²) in [6.45, 7) is 0. The molecule has 0 saturated heterocycles. The van der Waals surface area contributed by atoms with E-state index in [1.54, 1.807) is 12.1 Å². The Morgan fingerprint density at radius 1 is 0.700 bits per heavy atom. The molecule has 30 heavy (non-hydrogen) atoms. The van der Waals surface area contributed by atoms with Crippen molar-refractivity contribution in [3.05, 3.63) is 45.6 Å². The third-order valence-corrected chi connectivity index (χ3v) is 4.26. The molecule has 2 aromatic rings. The van der Waals surface area contributed by atoms with Crippen LogP contribution in [0.3, 0.4) is 0 Å². The molecule has 0 radical (unpaired) electrons. The standard InChI is InChI=1S/C19H3N11/c1-2-8-9(3-20)26-15-14(25-8)16-18(29-11(5-22)10(4-21)27-16)19-17(15)28-12(6-23)13(7-24)30-19/h1,19,30H. The molecular weight excluding hydrogens is 382 g/mol. The van der Waals surface area contributed by atoms with Crippen LogP contribution in [0.4, 0.5) is 0 Å². The van der Waals surface area contributed by atoms with Gasteiger partial charge in [-0.05, 0) is 5.92 Å². The number of allylic oxidation sites excluding steroid dienone is 2. The van der Waals surface area contributed by atoms with Crippen molar-refractivity contribution in [3.63, 3.8) is 0 Å². The second kappa shape index (κ2) is 6.52. The van der Waals surface area contributed by atoms with Gasteiger partial charge in [0.15, 0.2) is 28.5 Å². The molecule has 1 unspecified atom stereocenters. The highest BCUT2D eigenvalue weighted by Crippen LogP contribution is 2.38. The molecule has 0 spiro atoms. The number of nitriles is 5. The number of terminal acetylenes is 1. The van der Waals surface area contributed by atoms with Crippen LogP contribution in [0.25, 0.3) is 11.4 Å². The van der Waals surface area contributed by atoms with E-state index in [4.69, 9.17) is 6.42 Å². The number of rotatable bonds is 0. The number of nitrogens with one attached hydrogen (secondary N) is 1. The molecule has 0 fully saturated rings. The molecule has 0 bridgehead atoms. The van der Waals surface area contributed by atoms with Gasteiger partial charge in [0.25, 0.3) is 0 Å². The van der Waals surface area contributed by atoms with Crippen molar-refractivity contribution in [3.8, 4) is 54.1 Å². The molecule has 1 atom stereocenters. The van der Waals surface area contributed by atoms with Crippen molar-refractivity contribution in [2.24, 2.45) is 4.99 Å². The number of fused-ring (bicyclic) bond motifs is 6. The Morgan fingerprint density at radius 3 is 1.90 bits per heavy atom. The largest absolute Gasteiger partial charge is 0.360 e. The first-order valence-electron chi connectivity index (χ1n) is 8.01. The summed E-state index contributed by atoms with van der Waals surface area (Å²) in [7, 11) is 0. The minimum atomic E-state index is -0.913. The van der Waals surface area contributed by atoms with Gasteiger partial charge in [-0.1, -0.05) is 0 Å². The summed E-state index contributed by atoms with van der Waals surface area (Å²) in [4.78, 5) is 21.1. The molecule has 1 aliphatic carbocycles. The molecule has 134 valence electrons. The van der Waals surface area contributed by atoms with Gasteiger partial charge in [0.1, 0.15) is 59.2 Å². The fourth-order valence-electron chi connectivity index (χ4n) is 3.01. The fraction of sp³-hybridized carbons (Fsp3) is 0.0526. The first-order valence-corrected chi connectivity index (χ1v) is 8.01. The van der Waals surface area contributed by atoms with Crippen LogP contribution in [-0.4, -0.2) is 25.6 Å². The third kappa shape index (κ3) is 2.32. The molecule has 3 heterocycles. The smallest absolute Gasteiger partial charge is 0.177 e. The highest BCUT2D eigenvalue weighted by Gasteiger charge is 2.40. The third-order valence-electron chi connectivity index (χ3n) is 4.26. The molecule has 11 nitrogen and oxygen atoms in total. The van der Waals surface area contributed by atoms with Gasteiger partial charge in [0, 0.05) is 0 Å². The number of aliphatic imine (C=N–C) groups is 1. The molecule has 0 amide bonds. The second-order valence-corrected chi connectivity index (χ2v) is 5.77. The van der Waals surface area contributed by atoms with Crippen LogP contribution in [0.2, 0.25) is 0 Å². The second-order valence-electron chi connectivity index (χ2n) is 5.77. The molecule has 2 aromatic heterocycles. The van der Waals surface area contributed by atoms with Crippen LogP contribution in [0.1, 0.15) is 40.2 Å². The van der Waals surface area contributed by atoms with Crippen molar-refractivity contribution in [1.29, 1.82) is 26.3 Å². The lowest BCUT2D eigenvalue weighted by Crippen LogP contribution is -2.38. The van der Waals surface area contributed by atoms with Crippen LogP contribution in [0.15, 0.2) is 16.4 Å². The highest BCUT2D eigenvalue weighted by molar-refractivity contribution is 6.11. The zero-order valence-corrected chi connectivity index (χ0v) is 14.6. The molecule has 0 saturated carbocycles. The Balaban J connectivity index is 2.15. The minimum absolute atomic E-state index is 0.0524. The summed E-state index contributed by atoms with van der Waals surface area (Å²) >= 11 is 0. The van der Waals surface area contributed by atoms with Gasteiger partial charge >= 0.3 is 0 Å². The molecule has 1 aliphatic heterocycles. The van der Waals surface area contributed by atoms with Crippen LogP contribution < -0.4 is 5.32 Å². The summed E-state index contributed by atoms with van der Waals surface area (Å²) in [5, 5.41) is 49.5. The molecule has 2 aliphatic rings. The van der Waals surface area contributed by atoms with Gasteiger partial charge in [0.2, 0.25) is 0 Å². The molecular formula is C19H3N11. The predicted molar refractivity (Wildman–Crippen MR) is 95.8 cm³/mol. The van der Waals surface area contributed by atoms with Crippen molar-refractivity contribution in [2.75, 3.05) is 0 Å². The van der Waals surface area contributed by atoms with Crippen LogP contribution in [0, 0.1) is 69.0 Å². The molecule has 4 rings (SSSR count). The van der Waals surface area contributed by atoms with Crippen molar-refractivity contribution < 1.29 is 0 Å². The highest BCUT2D eigenvalue weighted by atomic mass is 15.1. The predicted octanol–water partition coefficient (Wildman–Crippen LogP) is 0.236. The summed E-state index contributed by atoms with van der Waals surface area (Å²) in [5.41, 5.74) is -0.354. The summed E-state index contributed by atoms with van der Waals surface area (Å²) < 4.78 is 0. The van der Waals surface area contributed by atoms with Crippen LogP contribution in [0.5, 0.6) is 0 Å². The maximum absolute atomic E-state index is 9.36. The number of hydrogen-bond acceptors (Lipinski definition) is 11. The summed E-state index contributed by atoms with van der Waals surface area (Å²) in [6, 6.07) is 8.19. The lowest BCUT2D eigenvalue weighted by atomic mass is 9.90. The average Bonchev–Trinajstić information content (AvgIpc) is 2.81. The van der Waals surface area contributed by atoms with Gasteiger partial charge in [0.05, 0.1) is 11.4 Å². The van der Waals surface area contributed by atoms with E-state index in [1.165, 1.54) is 0 Å². The van der Waals surface area contributed by atoms with Crippen molar-refractivity contribution in [1.82, 2.24) is 25.3 Å². The fourth-order valence-corrected chi connectivity index (χ4v) is 3.01. The number of aromatic nitrogens is 4. The average molecular weight is 385 g/mol. The maximum Gasteiger partial charge on any atom is 0.177 e. The zero-order chi connectivity index (χ0) is 21.4. The van der Waals surface area contributed by atoms with Gasteiger partial charge in [-0.2, -0.15) is 26.3 Å². The Hall–Kier alpha value is -5.62. The van der Waals surface area contributed by atoms with E-state index in [1.807, 2.05) is 18.2 Å². The monoisotopic (exact) mass is 385 g/mol. The van der Waals surface area contributed by atoms with Gasteiger partial charge in [-0.15, -0.1) is 6.42 Å². The van der Waals surface area contributed by atoms with E-state index in [0.29, 0.717) is 0 Å². The van der Waals surface area contributed by atoms with Crippen LogP contribution >= 0.6 is 0 Å². The Morgan fingerprint density at radius 2 is 1.30 bits per heavy atom. The maximum atomic E-state index is 9.36. The van der Waals surface area contributed by atoms with E-state index in [-0.39, 0.29) is 62.7 Å². The van der Waals surface area contributed by atoms with E-state index in [0.717, 1.165) is 0 Å². The van der Waals surface area contributed by atoms with Gasteiger partial charge < -0.3 is 5.32 Å². The van der Waals surface area contributed by atoms with Crippen LogP contribution in [-0.2, 0) is 0 Å². The lowest BCUT2D eigenvalue weighted by molar-refractivity contribution is 0.707. The normalized spacial score (nSPS) is 15.1. The number of hydrogen-bond donors (Lipinski definition) is 1. The van der Waals surface area contributed by atoms with Crippen molar-refractivity contribution >= 4 is 5.71 Å². The van der Waals surface area contributed by atoms with Gasteiger partial charge in [-0.25, -0.2) is 24.9 Å². The van der Waals surface area contributed by atoms with E-state index >= 15 is 0 Å². The molecule has 11 heteroatoms.